The van der Waals surface area contributed by atoms with Gasteiger partial charge in [0.2, 0.25) is 0 Å². The van der Waals surface area contributed by atoms with Gasteiger partial charge in [0, 0.05) is 26.2 Å². The zero-order valence-corrected chi connectivity index (χ0v) is 17.7. The van der Waals surface area contributed by atoms with Gasteiger partial charge >= 0.3 is 0 Å². The van der Waals surface area contributed by atoms with Gasteiger partial charge < -0.3 is 20.7 Å². The maximum absolute atomic E-state index is 10.8. The van der Waals surface area contributed by atoms with Crippen molar-refractivity contribution in [3.05, 3.63) is 65.7 Å². The van der Waals surface area contributed by atoms with Gasteiger partial charge in [0.15, 0.2) is 12.6 Å². The van der Waals surface area contributed by atoms with Crippen molar-refractivity contribution in [3.63, 3.8) is 0 Å². The number of likely N-dealkylation sites (tertiary alicyclic amines) is 1. The van der Waals surface area contributed by atoms with Crippen LogP contribution in [0.1, 0.15) is 24.5 Å². The van der Waals surface area contributed by atoms with Crippen molar-refractivity contribution in [3.8, 4) is 5.75 Å². The second-order valence-corrected chi connectivity index (χ2v) is 7.68. The number of rotatable bonds is 9. The monoisotopic (exact) mass is 408 g/mol. The van der Waals surface area contributed by atoms with Crippen LogP contribution in [-0.4, -0.2) is 49.6 Å². The first-order valence-electron chi connectivity index (χ1n) is 10.7. The fourth-order valence-electron chi connectivity index (χ4n) is 3.76. The number of ether oxygens (including phenoxy) is 1. The van der Waals surface area contributed by atoms with Gasteiger partial charge in [-0.2, -0.15) is 0 Å². The van der Waals surface area contributed by atoms with Crippen LogP contribution in [0, 0.1) is 5.92 Å². The summed E-state index contributed by atoms with van der Waals surface area (Å²) in [6.07, 6.45) is 3.18. The van der Waals surface area contributed by atoms with Crippen LogP contribution < -0.4 is 15.8 Å². The molecule has 0 bridgehead atoms. The van der Waals surface area contributed by atoms with E-state index >= 15 is 0 Å². The lowest BCUT2D eigenvalue weighted by Crippen LogP contribution is -2.40. The molecule has 1 unspecified atom stereocenters. The summed E-state index contributed by atoms with van der Waals surface area (Å²) in [5.74, 6) is 1.85. The molecule has 2 aromatic rings. The molecule has 2 aromatic carbocycles. The third-order valence-electron chi connectivity index (χ3n) is 5.25. The highest BCUT2D eigenvalue weighted by atomic mass is 16.5. The van der Waals surface area contributed by atoms with Crippen LogP contribution in [0.5, 0.6) is 5.75 Å². The molecule has 0 aliphatic carbocycles. The topological polar surface area (TPSA) is 80.0 Å². The van der Waals surface area contributed by atoms with Crippen molar-refractivity contribution in [2.24, 2.45) is 16.6 Å². The molecule has 1 aliphatic heterocycles. The van der Waals surface area contributed by atoms with Crippen LogP contribution in [0.15, 0.2) is 59.6 Å². The second kappa shape index (κ2) is 11.2. The quantitative estimate of drug-likeness (QED) is 0.494. The molecule has 0 radical (unpaired) electrons. The van der Waals surface area contributed by atoms with Crippen molar-refractivity contribution >= 4 is 11.9 Å². The molecule has 0 aromatic heterocycles. The van der Waals surface area contributed by atoms with Gasteiger partial charge in [0.05, 0.1) is 0 Å². The highest BCUT2D eigenvalue weighted by molar-refractivity contribution is 5.80. The SMILES string of the molecule is CCNC(=NCCc1ccc(OCC(N)=O)cc1)N1CCC(Cc2ccccc2)C1. The molecular formula is C24H32N4O2. The fraction of sp³-hybridized carbons (Fsp3) is 0.417. The number of carbonyl (C=O) groups is 1. The van der Waals surface area contributed by atoms with E-state index in [1.807, 2.05) is 24.3 Å². The second-order valence-electron chi connectivity index (χ2n) is 7.68. The third-order valence-corrected chi connectivity index (χ3v) is 5.25. The molecule has 6 heteroatoms. The minimum Gasteiger partial charge on any atom is -0.484 e. The number of nitrogens with zero attached hydrogens (tertiary/aromatic N) is 2. The van der Waals surface area contributed by atoms with E-state index < -0.39 is 5.91 Å². The summed E-state index contributed by atoms with van der Waals surface area (Å²) >= 11 is 0. The predicted octanol–water partition coefficient (Wildman–Crippen LogP) is 2.62. The Morgan fingerprint density at radius 3 is 2.63 bits per heavy atom. The number of nitrogens with one attached hydrogen (secondary N) is 1. The maximum atomic E-state index is 10.8. The van der Waals surface area contributed by atoms with Gasteiger partial charge in [-0.3, -0.25) is 9.79 Å². The van der Waals surface area contributed by atoms with Crippen LogP contribution in [0.4, 0.5) is 0 Å². The molecule has 1 amide bonds. The number of hydrogen-bond acceptors (Lipinski definition) is 3. The average Bonchev–Trinajstić information content (AvgIpc) is 3.21. The van der Waals surface area contributed by atoms with Crippen LogP contribution in [0.3, 0.4) is 0 Å². The van der Waals surface area contributed by atoms with Crippen molar-refractivity contribution < 1.29 is 9.53 Å². The first kappa shape index (κ1) is 21.7. The van der Waals surface area contributed by atoms with Gasteiger partial charge in [0.1, 0.15) is 5.75 Å². The number of hydrogen-bond donors (Lipinski definition) is 2. The molecule has 0 spiro atoms. The molecule has 1 atom stereocenters. The number of carbonyl (C=O) groups excluding carboxylic acids is 1. The Bertz CT molecular complexity index is 821. The molecule has 6 nitrogen and oxygen atoms in total. The van der Waals surface area contributed by atoms with E-state index in [0.717, 1.165) is 45.0 Å². The summed E-state index contributed by atoms with van der Waals surface area (Å²) in [6, 6.07) is 18.5. The summed E-state index contributed by atoms with van der Waals surface area (Å²) in [5, 5.41) is 3.44. The van der Waals surface area contributed by atoms with Gasteiger partial charge in [-0.15, -0.1) is 0 Å². The maximum Gasteiger partial charge on any atom is 0.255 e. The van der Waals surface area contributed by atoms with E-state index in [9.17, 15) is 4.79 Å². The lowest BCUT2D eigenvalue weighted by atomic mass is 9.99. The van der Waals surface area contributed by atoms with E-state index in [0.29, 0.717) is 11.7 Å². The molecule has 30 heavy (non-hydrogen) atoms. The fourth-order valence-corrected chi connectivity index (χ4v) is 3.76. The highest BCUT2D eigenvalue weighted by Crippen LogP contribution is 2.21. The summed E-state index contributed by atoms with van der Waals surface area (Å²) in [6.45, 7) is 5.70. The number of benzene rings is 2. The Morgan fingerprint density at radius 1 is 1.17 bits per heavy atom. The number of guanidine groups is 1. The van der Waals surface area contributed by atoms with E-state index in [1.165, 1.54) is 17.5 Å². The first-order valence-corrected chi connectivity index (χ1v) is 10.7. The molecule has 3 N–H and O–H groups in total. The Balaban J connectivity index is 1.50. The van der Waals surface area contributed by atoms with Crippen LogP contribution in [0.25, 0.3) is 0 Å². The molecule has 0 saturated carbocycles. The van der Waals surface area contributed by atoms with E-state index in [4.69, 9.17) is 15.5 Å². The Hall–Kier alpha value is -3.02. The Kier molecular flexibility index (Phi) is 8.12. The molecule has 160 valence electrons. The summed E-state index contributed by atoms with van der Waals surface area (Å²) in [5.41, 5.74) is 7.70. The Labute approximate surface area is 179 Å². The van der Waals surface area contributed by atoms with Crippen LogP contribution in [0.2, 0.25) is 0 Å². The van der Waals surface area contributed by atoms with E-state index in [1.54, 1.807) is 0 Å². The average molecular weight is 409 g/mol. The lowest BCUT2D eigenvalue weighted by Gasteiger charge is -2.21. The zero-order valence-electron chi connectivity index (χ0n) is 17.7. The van der Waals surface area contributed by atoms with Crippen molar-refractivity contribution in [1.29, 1.82) is 0 Å². The van der Waals surface area contributed by atoms with Gasteiger partial charge in [-0.1, -0.05) is 42.5 Å². The molecule has 1 fully saturated rings. The molecule has 3 rings (SSSR count). The molecule has 1 aliphatic rings. The predicted molar refractivity (Wildman–Crippen MR) is 121 cm³/mol. The van der Waals surface area contributed by atoms with Crippen LogP contribution >= 0.6 is 0 Å². The van der Waals surface area contributed by atoms with Gasteiger partial charge in [0.25, 0.3) is 5.91 Å². The molecule has 1 heterocycles. The summed E-state index contributed by atoms with van der Waals surface area (Å²) in [4.78, 5) is 18.0. The first-order chi connectivity index (χ1) is 14.6. The normalized spacial score (nSPS) is 16.5. The van der Waals surface area contributed by atoms with Gasteiger partial charge in [-0.05, 0) is 55.4 Å². The van der Waals surface area contributed by atoms with Crippen molar-refractivity contribution in [2.75, 3.05) is 32.8 Å². The minimum absolute atomic E-state index is 0.100. The molecular weight excluding hydrogens is 376 g/mol. The minimum atomic E-state index is -0.475. The van der Waals surface area contributed by atoms with E-state index in [-0.39, 0.29) is 6.61 Å². The smallest absolute Gasteiger partial charge is 0.255 e. The summed E-state index contributed by atoms with van der Waals surface area (Å²) in [7, 11) is 0. The summed E-state index contributed by atoms with van der Waals surface area (Å²) < 4.78 is 5.30. The van der Waals surface area contributed by atoms with Crippen molar-refractivity contribution in [2.45, 2.75) is 26.2 Å². The number of amides is 1. The third kappa shape index (κ3) is 6.79. The van der Waals surface area contributed by atoms with Crippen LogP contribution in [-0.2, 0) is 17.6 Å². The zero-order chi connectivity index (χ0) is 21.2. The van der Waals surface area contributed by atoms with E-state index in [2.05, 4.69) is 47.5 Å². The van der Waals surface area contributed by atoms with Crippen molar-refractivity contribution in [1.82, 2.24) is 10.2 Å². The van der Waals surface area contributed by atoms with Gasteiger partial charge in [-0.25, -0.2) is 0 Å². The number of primary amides is 1. The lowest BCUT2D eigenvalue weighted by molar-refractivity contribution is -0.119. The highest BCUT2D eigenvalue weighted by Gasteiger charge is 2.24. The number of nitrogens with two attached hydrogens (primary N) is 1. The molecule has 1 saturated heterocycles. The Morgan fingerprint density at radius 2 is 1.93 bits per heavy atom. The number of aliphatic imine (C=N–C) groups is 1. The standard InChI is InChI=1S/C24H32N4O2/c1-2-26-24(28-15-13-21(17-28)16-20-6-4-3-5-7-20)27-14-12-19-8-10-22(11-9-19)30-18-23(25)29/h3-11,21H,2,12-18H2,1H3,(H2,25,29)(H,26,27). The largest absolute Gasteiger partial charge is 0.484 e.